The summed E-state index contributed by atoms with van der Waals surface area (Å²) < 4.78 is 51.7. The Balaban J connectivity index is 2.36. The highest BCUT2D eigenvalue weighted by Crippen LogP contribution is 2.47. The Bertz CT molecular complexity index is 713. The number of hydrogen-bond donors (Lipinski definition) is 2. The van der Waals surface area contributed by atoms with E-state index in [9.17, 15) is 22.7 Å². The summed E-state index contributed by atoms with van der Waals surface area (Å²) in [4.78, 5) is 3.97. The summed E-state index contributed by atoms with van der Waals surface area (Å²) in [6.45, 7) is 3.06. The maximum atomic E-state index is 13.4. The van der Waals surface area contributed by atoms with Gasteiger partial charge in [-0.3, -0.25) is 5.10 Å². The smallest absolute Gasteiger partial charge is 0.353 e. The highest BCUT2D eigenvalue weighted by atomic mass is 35.5. The lowest BCUT2D eigenvalue weighted by Gasteiger charge is -2.43. The molecule has 1 heterocycles. The molecule has 2 N–H and O–H groups in total. The Kier molecular flexibility index (Phi) is 6.24. The SMILES string of the molecule is CC(C)(CSC(F)(F)C(F)F)C(O)(Cc1nc[nH]n1)c1ccc(Cl)cc1. The van der Waals surface area contributed by atoms with Gasteiger partial charge in [-0.25, -0.2) is 13.8 Å². The first-order valence-electron chi connectivity index (χ1n) is 7.61. The van der Waals surface area contributed by atoms with E-state index in [1.54, 1.807) is 24.3 Å². The molecule has 1 aromatic carbocycles. The Morgan fingerprint density at radius 3 is 2.35 bits per heavy atom. The van der Waals surface area contributed by atoms with E-state index < -0.39 is 28.4 Å². The Morgan fingerprint density at radius 2 is 1.85 bits per heavy atom. The lowest BCUT2D eigenvalue weighted by Crippen LogP contribution is -2.46. The molecule has 144 valence electrons. The molecule has 0 radical (unpaired) electrons. The number of halogens is 5. The summed E-state index contributed by atoms with van der Waals surface area (Å²) >= 11 is 5.69. The third-order valence-electron chi connectivity index (χ3n) is 4.20. The molecule has 0 fully saturated rings. The van der Waals surface area contributed by atoms with Crippen molar-refractivity contribution in [3.63, 3.8) is 0 Å². The summed E-state index contributed by atoms with van der Waals surface area (Å²) in [5.74, 6) is -0.158. The van der Waals surface area contributed by atoms with Crippen LogP contribution in [0.1, 0.15) is 25.2 Å². The molecule has 0 spiro atoms. The molecule has 1 atom stereocenters. The molecule has 0 saturated heterocycles. The highest BCUT2D eigenvalue weighted by Gasteiger charge is 2.49. The van der Waals surface area contributed by atoms with Crippen molar-refractivity contribution in [3.05, 3.63) is 47.0 Å². The van der Waals surface area contributed by atoms with E-state index in [-0.39, 0.29) is 24.0 Å². The van der Waals surface area contributed by atoms with Gasteiger partial charge in [0.15, 0.2) is 5.82 Å². The Hall–Kier alpha value is -1.32. The van der Waals surface area contributed by atoms with Crippen LogP contribution < -0.4 is 0 Å². The van der Waals surface area contributed by atoms with Crippen LogP contribution in [0.3, 0.4) is 0 Å². The van der Waals surface area contributed by atoms with Gasteiger partial charge in [-0.1, -0.05) is 49.3 Å². The number of H-pyrrole nitrogens is 1. The zero-order valence-corrected chi connectivity index (χ0v) is 15.6. The summed E-state index contributed by atoms with van der Waals surface area (Å²) in [6, 6.07) is 6.23. The fourth-order valence-electron chi connectivity index (χ4n) is 2.47. The molecule has 0 aliphatic rings. The van der Waals surface area contributed by atoms with E-state index in [2.05, 4.69) is 15.2 Å². The second-order valence-electron chi connectivity index (χ2n) is 6.49. The van der Waals surface area contributed by atoms with Crippen LogP contribution in [0.25, 0.3) is 0 Å². The molecule has 0 bridgehead atoms. The first kappa shape index (κ1) is 21.0. The van der Waals surface area contributed by atoms with Crippen molar-refractivity contribution in [1.29, 1.82) is 0 Å². The van der Waals surface area contributed by atoms with Crippen LogP contribution in [0.15, 0.2) is 30.6 Å². The lowest BCUT2D eigenvalue weighted by molar-refractivity contribution is -0.0690. The maximum absolute atomic E-state index is 13.4. The molecule has 0 saturated carbocycles. The van der Waals surface area contributed by atoms with Crippen molar-refractivity contribution < 1.29 is 22.7 Å². The molecule has 10 heteroatoms. The van der Waals surface area contributed by atoms with Gasteiger partial charge < -0.3 is 5.11 Å². The van der Waals surface area contributed by atoms with Gasteiger partial charge in [-0.15, -0.1) is 0 Å². The number of benzene rings is 1. The molecular formula is C16H18ClF4N3OS. The normalized spacial score (nSPS) is 15.3. The zero-order chi connectivity index (χ0) is 19.6. The first-order chi connectivity index (χ1) is 12.0. The van der Waals surface area contributed by atoms with E-state index in [0.717, 1.165) is 0 Å². The van der Waals surface area contributed by atoms with Gasteiger partial charge in [-0.05, 0) is 17.7 Å². The van der Waals surface area contributed by atoms with Crippen molar-refractivity contribution in [3.8, 4) is 0 Å². The molecular weight excluding hydrogens is 394 g/mol. The largest absolute Gasteiger partial charge is 0.384 e. The lowest BCUT2D eigenvalue weighted by atomic mass is 9.70. The number of aromatic amines is 1. The van der Waals surface area contributed by atoms with Gasteiger partial charge >= 0.3 is 11.7 Å². The van der Waals surface area contributed by atoms with Crippen molar-refractivity contribution >= 4 is 23.4 Å². The predicted molar refractivity (Wildman–Crippen MR) is 92.6 cm³/mol. The average molecular weight is 412 g/mol. The predicted octanol–water partition coefficient (Wildman–Crippen LogP) is 4.51. The molecule has 1 aromatic heterocycles. The quantitative estimate of drug-likeness (QED) is 0.627. The average Bonchev–Trinajstić information content (AvgIpc) is 3.06. The van der Waals surface area contributed by atoms with Crippen molar-refractivity contribution in [2.45, 2.75) is 37.5 Å². The minimum absolute atomic E-state index is 0.0913. The minimum atomic E-state index is -4.21. The maximum Gasteiger partial charge on any atom is 0.353 e. The molecule has 4 nitrogen and oxygen atoms in total. The van der Waals surface area contributed by atoms with E-state index in [1.807, 2.05) is 0 Å². The van der Waals surface area contributed by atoms with E-state index in [0.29, 0.717) is 10.6 Å². The summed E-state index contributed by atoms with van der Waals surface area (Å²) in [5.41, 5.74) is -2.51. The summed E-state index contributed by atoms with van der Waals surface area (Å²) in [6.07, 6.45) is -2.56. The van der Waals surface area contributed by atoms with Crippen LogP contribution in [0.4, 0.5) is 17.6 Å². The fraction of sp³-hybridized carbons (Fsp3) is 0.500. The van der Waals surface area contributed by atoms with Crippen molar-refractivity contribution in [2.75, 3.05) is 5.75 Å². The number of aromatic nitrogens is 3. The standard InChI is InChI=1S/C16H18ClF4N3OS/c1-14(2,8-26-16(20,21)13(18)19)15(25,7-12-22-9-23-24-12)10-3-5-11(17)6-4-10/h3-6,9,13,25H,7-8H2,1-2H3,(H,22,23,24). The molecule has 26 heavy (non-hydrogen) atoms. The zero-order valence-electron chi connectivity index (χ0n) is 14.0. The topological polar surface area (TPSA) is 61.8 Å². The molecule has 2 rings (SSSR count). The Labute approximate surface area is 157 Å². The van der Waals surface area contributed by atoms with Crippen LogP contribution in [0.2, 0.25) is 5.02 Å². The molecule has 0 amide bonds. The number of aliphatic hydroxyl groups is 1. The first-order valence-corrected chi connectivity index (χ1v) is 8.97. The number of hydrogen-bond acceptors (Lipinski definition) is 4. The number of nitrogens with one attached hydrogen (secondary N) is 1. The third-order valence-corrected chi connectivity index (χ3v) is 5.88. The van der Waals surface area contributed by atoms with Crippen LogP contribution in [0, 0.1) is 5.41 Å². The highest BCUT2D eigenvalue weighted by molar-refractivity contribution is 8.00. The molecule has 2 aromatic rings. The van der Waals surface area contributed by atoms with Crippen molar-refractivity contribution in [1.82, 2.24) is 15.2 Å². The number of alkyl halides is 4. The van der Waals surface area contributed by atoms with Crippen LogP contribution in [-0.2, 0) is 12.0 Å². The third kappa shape index (κ3) is 4.50. The molecule has 0 aliphatic carbocycles. The molecule has 1 unspecified atom stereocenters. The van der Waals surface area contributed by atoms with E-state index in [4.69, 9.17) is 11.6 Å². The van der Waals surface area contributed by atoms with Gasteiger partial charge in [0.2, 0.25) is 0 Å². The van der Waals surface area contributed by atoms with E-state index in [1.165, 1.54) is 20.2 Å². The second-order valence-corrected chi connectivity index (χ2v) is 8.05. The van der Waals surface area contributed by atoms with Gasteiger partial charge in [0.25, 0.3) is 0 Å². The summed E-state index contributed by atoms with van der Waals surface area (Å²) in [5, 5.41) is 14.1. The van der Waals surface area contributed by atoms with Gasteiger partial charge in [0.05, 0.1) is 0 Å². The number of thioether (sulfide) groups is 1. The molecule has 0 aliphatic heterocycles. The van der Waals surface area contributed by atoms with Crippen LogP contribution in [-0.4, -0.2) is 37.7 Å². The minimum Gasteiger partial charge on any atom is -0.384 e. The van der Waals surface area contributed by atoms with Gasteiger partial charge in [0, 0.05) is 22.6 Å². The van der Waals surface area contributed by atoms with Crippen molar-refractivity contribution in [2.24, 2.45) is 5.41 Å². The van der Waals surface area contributed by atoms with Crippen LogP contribution in [0.5, 0.6) is 0 Å². The number of nitrogens with zero attached hydrogens (tertiary/aromatic N) is 2. The van der Waals surface area contributed by atoms with Crippen LogP contribution >= 0.6 is 23.4 Å². The Morgan fingerprint density at radius 1 is 1.23 bits per heavy atom. The number of rotatable bonds is 8. The van der Waals surface area contributed by atoms with E-state index >= 15 is 0 Å². The van der Waals surface area contributed by atoms with Gasteiger partial charge in [-0.2, -0.15) is 13.9 Å². The fourth-order valence-corrected chi connectivity index (χ4v) is 3.51. The summed E-state index contributed by atoms with van der Waals surface area (Å²) in [7, 11) is 0. The second kappa shape index (κ2) is 7.74. The van der Waals surface area contributed by atoms with Gasteiger partial charge in [0.1, 0.15) is 11.9 Å². The monoisotopic (exact) mass is 411 g/mol.